The number of hydrogen-bond acceptors (Lipinski definition) is 4. The molecule has 0 N–H and O–H groups in total. The second-order valence-corrected chi connectivity index (χ2v) is 4.81. The number of aromatic nitrogens is 1. The van der Waals surface area contributed by atoms with Gasteiger partial charge in [0.05, 0.1) is 11.6 Å². The number of aryl methyl sites for hydroxylation is 1. The van der Waals surface area contributed by atoms with Gasteiger partial charge in [0.1, 0.15) is 23.8 Å². The molecule has 0 saturated carbocycles. The Morgan fingerprint density at radius 3 is 2.50 bits per heavy atom. The van der Waals surface area contributed by atoms with Crippen LogP contribution in [0.5, 0.6) is 5.75 Å². The monoisotopic (exact) mass is 290 g/mol. The molecule has 0 unspecified atom stereocenters. The molecule has 0 aliphatic heterocycles. The predicted octanol–water partition coefficient (Wildman–Crippen LogP) is 4.10. The fourth-order valence-corrected chi connectivity index (χ4v) is 2.04. The van der Waals surface area contributed by atoms with Crippen LogP contribution in [0, 0.1) is 18.3 Å². The van der Waals surface area contributed by atoms with Crippen molar-refractivity contribution in [2.75, 3.05) is 0 Å². The first kappa shape index (κ1) is 13.9. The summed E-state index contributed by atoms with van der Waals surface area (Å²) in [6, 6.07) is 18.8. The maximum Gasteiger partial charge on any atom is 0.226 e. The Bertz CT molecular complexity index is 799. The van der Waals surface area contributed by atoms with Gasteiger partial charge in [0, 0.05) is 5.56 Å². The first-order chi connectivity index (χ1) is 10.8. The summed E-state index contributed by atoms with van der Waals surface area (Å²) in [6.45, 7) is 2.20. The number of benzene rings is 2. The Morgan fingerprint density at radius 2 is 1.82 bits per heavy atom. The summed E-state index contributed by atoms with van der Waals surface area (Å²) < 4.78 is 11.4. The Balaban J connectivity index is 1.73. The van der Waals surface area contributed by atoms with E-state index in [1.807, 2.05) is 37.3 Å². The number of oxazole rings is 1. The normalized spacial score (nSPS) is 10.2. The maximum atomic E-state index is 8.77. The van der Waals surface area contributed by atoms with Gasteiger partial charge in [-0.2, -0.15) is 5.26 Å². The van der Waals surface area contributed by atoms with Crippen LogP contribution in [0.25, 0.3) is 11.5 Å². The highest BCUT2D eigenvalue weighted by molar-refractivity contribution is 5.53. The van der Waals surface area contributed by atoms with E-state index < -0.39 is 0 Å². The van der Waals surface area contributed by atoms with Crippen LogP contribution in [0.4, 0.5) is 0 Å². The Labute approximate surface area is 128 Å². The predicted molar refractivity (Wildman–Crippen MR) is 82.2 cm³/mol. The molecule has 0 saturated heterocycles. The molecular formula is C18H14N2O2. The average molecular weight is 290 g/mol. The Kier molecular flexibility index (Phi) is 3.88. The van der Waals surface area contributed by atoms with Gasteiger partial charge in [0.15, 0.2) is 0 Å². The highest BCUT2D eigenvalue weighted by Crippen LogP contribution is 2.22. The molecule has 1 aromatic heterocycles. The van der Waals surface area contributed by atoms with Crippen LogP contribution >= 0.6 is 0 Å². The maximum absolute atomic E-state index is 8.77. The Hall–Kier alpha value is -3.06. The quantitative estimate of drug-likeness (QED) is 0.725. The summed E-state index contributed by atoms with van der Waals surface area (Å²) in [4.78, 5) is 4.48. The molecule has 3 aromatic rings. The van der Waals surface area contributed by atoms with E-state index in [-0.39, 0.29) is 0 Å². The van der Waals surface area contributed by atoms with Crippen LogP contribution in [0.1, 0.15) is 17.0 Å². The van der Waals surface area contributed by atoms with Crippen LogP contribution in [0.15, 0.2) is 59.0 Å². The van der Waals surface area contributed by atoms with Gasteiger partial charge in [-0.05, 0) is 43.3 Å². The second kappa shape index (κ2) is 6.15. The van der Waals surface area contributed by atoms with E-state index in [9.17, 15) is 0 Å². The molecule has 22 heavy (non-hydrogen) atoms. The molecule has 0 radical (unpaired) electrons. The Morgan fingerprint density at radius 1 is 1.09 bits per heavy atom. The van der Waals surface area contributed by atoms with Crippen molar-refractivity contribution in [3.63, 3.8) is 0 Å². The molecular weight excluding hydrogens is 276 g/mol. The van der Waals surface area contributed by atoms with E-state index in [4.69, 9.17) is 14.4 Å². The van der Waals surface area contributed by atoms with E-state index in [1.54, 1.807) is 24.3 Å². The molecule has 108 valence electrons. The van der Waals surface area contributed by atoms with E-state index in [2.05, 4.69) is 11.1 Å². The summed E-state index contributed by atoms with van der Waals surface area (Å²) in [7, 11) is 0. The number of ether oxygens (including phenoxy) is 1. The van der Waals surface area contributed by atoms with Crippen molar-refractivity contribution < 1.29 is 9.15 Å². The molecule has 0 aliphatic rings. The fourth-order valence-electron chi connectivity index (χ4n) is 2.04. The van der Waals surface area contributed by atoms with Crippen molar-refractivity contribution in [3.05, 3.63) is 71.6 Å². The molecule has 0 fully saturated rings. The minimum atomic E-state index is 0.327. The molecule has 0 amide bonds. The first-order valence-corrected chi connectivity index (χ1v) is 6.91. The van der Waals surface area contributed by atoms with Crippen molar-refractivity contribution in [2.24, 2.45) is 0 Å². The highest BCUT2D eigenvalue weighted by Gasteiger charge is 2.11. The smallest absolute Gasteiger partial charge is 0.226 e. The average Bonchev–Trinajstić information content (AvgIpc) is 2.95. The van der Waals surface area contributed by atoms with Gasteiger partial charge in [-0.3, -0.25) is 0 Å². The minimum Gasteiger partial charge on any atom is -0.487 e. The van der Waals surface area contributed by atoms with Crippen molar-refractivity contribution in [2.45, 2.75) is 13.5 Å². The molecule has 4 nitrogen and oxygen atoms in total. The molecule has 4 heteroatoms. The third-order valence-electron chi connectivity index (χ3n) is 3.27. The summed E-state index contributed by atoms with van der Waals surface area (Å²) in [5, 5.41) is 8.77. The lowest BCUT2D eigenvalue weighted by molar-refractivity contribution is 0.299. The van der Waals surface area contributed by atoms with Gasteiger partial charge >= 0.3 is 0 Å². The van der Waals surface area contributed by atoms with Crippen molar-refractivity contribution in [1.29, 1.82) is 5.26 Å². The van der Waals surface area contributed by atoms with Gasteiger partial charge in [-0.1, -0.05) is 18.2 Å². The third kappa shape index (κ3) is 2.99. The lowest BCUT2D eigenvalue weighted by atomic mass is 10.2. The van der Waals surface area contributed by atoms with Gasteiger partial charge in [-0.25, -0.2) is 4.98 Å². The molecule has 2 aromatic carbocycles. The van der Waals surface area contributed by atoms with E-state index >= 15 is 0 Å². The van der Waals surface area contributed by atoms with Crippen LogP contribution in [-0.2, 0) is 6.61 Å². The van der Waals surface area contributed by atoms with E-state index in [0.717, 1.165) is 17.0 Å². The molecule has 3 rings (SSSR count). The standard InChI is InChI=1S/C18H14N2O2/c1-13-17(12-21-16-9-7-14(11-19)8-10-16)20-18(22-13)15-5-3-2-4-6-15/h2-10H,12H2,1H3. The molecule has 0 atom stereocenters. The van der Waals surface area contributed by atoms with Gasteiger partial charge in [0.2, 0.25) is 5.89 Å². The second-order valence-electron chi connectivity index (χ2n) is 4.81. The zero-order valence-electron chi connectivity index (χ0n) is 12.1. The number of nitriles is 1. The van der Waals surface area contributed by atoms with Crippen LogP contribution in [-0.4, -0.2) is 4.98 Å². The van der Waals surface area contributed by atoms with E-state index in [0.29, 0.717) is 23.8 Å². The van der Waals surface area contributed by atoms with Crippen LogP contribution in [0.2, 0.25) is 0 Å². The zero-order chi connectivity index (χ0) is 15.4. The third-order valence-corrected chi connectivity index (χ3v) is 3.27. The SMILES string of the molecule is Cc1oc(-c2ccccc2)nc1COc1ccc(C#N)cc1. The number of rotatable bonds is 4. The summed E-state index contributed by atoms with van der Waals surface area (Å²) in [5.74, 6) is 2.03. The zero-order valence-corrected chi connectivity index (χ0v) is 12.1. The topological polar surface area (TPSA) is 59.1 Å². The van der Waals surface area contributed by atoms with Crippen LogP contribution in [0.3, 0.4) is 0 Å². The summed E-state index contributed by atoms with van der Waals surface area (Å²) in [6.07, 6.45) is 0. The summed E-state index contributed by atoms with van der Waals surface area (Å²) in [5.41, 5.74) is 2.31. The van der Waals surface area contributed by atoms with Crippen molar-refractivity contribution in [1.82, 2.24) is 4.98 Å². The van der Waals surface area contributed by atoms with Crippen molar-refractivity contribution in [3.8, 4) is 23.3 Å². The van der Waals surface area contributed by atoms with Crippen LogP contribution < -0.4 is 4.74 Å². The van der Waals surface area contributed by atoms with Gasteiger partial charge in [0.25, 0.3) is 0 Å². The van der Waals surface area contributed by atoms with E-state index in [1.165, 1.54) is 0 Å². The minimum absolute atomic E-state index is 0.327. The summed E-state index contributed by atoms with van der Waals surface area (Å²) >= 11 is 0. The highest BCUT2D eigenvalue weighted by atomic mass is 16.5. The number of hydrogen-bond donors (Lipinski definition) is 0. The lowest BCUT2D eigenvalue weighted by Crippen LogP contribution is -1.97. The van der Waals surface area contributed by atoms with Gasteiger partial charge < -0.3 is 9.15 Å². The lowest BCUT2D eigenvalue weighted by Gasteiger charge is -2.03. The molecule has 0 spiro atoms. The molecule has 0 aliphatic carbocycles. The van der Waals surface area contributed by atoms with Crippen molar-refractivity contribution >= 4 is 0 Å². The number of nitrogens with zero attached hydrogens (tertiary/aromatic N) is 2. The molecule has 0 bridgehead atoms. The first-order valence-electron chi connectivity index (χ1n) is 6.91. The fraction of sp³-hybridized carbons (Fsp3) is 0.111. The van der Waals surface area contributed by atoms with Gasteiger partial charge in [-0.15, -0.1) is 0 Å². The molecule has 1 heterocycles. The largest absolute Gasteiger partial charge is 0.487 e.